The van der Waals surface area contributed by atoms with Crippen LogP contribution in [0.25, 0.3) is 11.2 Å². The molecule has 4 aliphatic rings. The quantitative estimate of drug-likeness (QED) is 0.681. The van der Waals surface area contributed by atoms with Gasteiger partial charge in [0.1, 0.15) is 11.6 Å². The molecule has 2 aliphatic carbocycles. The van der Waals surface area contributed by atoms with E-state index in [1.165, 1.54) is 0 Å². The number of hydrogen-bond donors (Lipinski definition) is 2. The first-order valence-electron chi connectivity index (χ1n) is 12.8. The van der Waals surface area contributed by atoms with Crippen molar-refractivity contribution in [2.75, 3.05) is 26.2 Å². The van der Waals surface area contributed by atoms with E-state index < -0.39 is 6.04 Å². The zero-order valence-electron chi connectivity index (χ0n) is 19.5. The van der Waals surface area contributed by atoms with E-state index in [0.717, 1.165) is 70.2 Å². The van der Waals surface area contributed by atoms with Gasteiger partial charge in [0, 0.05) is 38.3 Å². The summed E-state index contributed by atoms with van der Waals surface area (Å²) < 4.78 is 0. The lowest BCUT2D eigenvalue weighted by molar-refractivity contribution is -0.141. The number of nitrogens with zero attached hydrogens (tertiary/aromatic N) is 4. The SMILES string of the molecule is O=C(N[C@@H](C(=O)N1CCC[C@H](C(=O)N2CCCC2)C1)C1CC1)c1c[nH]c2ncc(C3CC3)nc12. The Bertz CT molecular complexity index is 1120. The van der Waals surface area contributed by atoms with Crippen LogP contribution in [0.3, 0.4) is 0 Å². The normalized spacial score (nSPS) is 23.8. The third kappa shape index (κ3) is 4.16. The smallest absolute Gasteiger partial charge is 0.255 e. The summed E-state index contributed by atoms with van der Waals surface area (Å²) in [5.41, 5.74) is 2.52. The molecular formula is C25H32N6O3. The van der Waals surface area contributed by atoms with Crippen LogP contribution >= 0.6 is 0 Å². The molecule has 0 unspecified atom stereocenters. The van der Waals surface area contributed by atoms with E-state index in [2.05, 4.69) is 15.3 Å². The number of carbonyl (C=O) groups is 3. The van der Waals surface area contributed by atoms with E-state index in [1.54, 1.807) is 12.4 Å². The molecule has 0 aromatic carbocycles. The van der Waals surface area contributed by atoms with E-state index >= 15 is 0 Å². The lowest BCUT2D eigenvalue weighted by Gasteiger charge is -2.36. The lowest BCUT2D eigenvalue weighted by atomic mass is 9.95. The molecule has 9 nitrogen and oxygen atoms in total. The van der Waals surface area contributed by atoms with Gasteiger partial charge < -0.3 is 20.1 Å². The second-order valence-corrected chi connectivity index (χ2v) is 10.4. The molecule has 9 heteroatoms. The Labute approximate surface area is 198 Å². The third-order valence-corrected chi connectivity index (χ3v) is 7.79. The van der Waals surface area contributed by atoms with E-state index in [1.807, 2.05) is 9.80 Å². The molecule has 180 valence electrons. The molecule has 0 bridgehead atoms. The Morgan fingerprint density at radius 1 is 1.00 bits per heavy atom. The predicted molar refractivity (Wildman–Crippen MR) is 125 cm³/mol. The number of amides is 3. The van der Waals surface area contributed by atoms with Gasteiger partial charge in [-0.05, 0) is 57.3 Å². The standard InChI is InChI=1S/C25H32N6O3/c32-23(18-12-26-22-21(18)28-19(13-27-22)15-5-6-15)29-20(16-7-8-16)25(34)31-11-3-4-17(14-31)24(33)30-9-1-2-10-30/h12-13,15-17,20H,1-11,14H2,(H,26,27)(H,29,32)/t17-,20+/m0/s1. The minimum Gasteiger partial charge on any atom is -0.344 e. The van der Waals surface area contributed by atoms with Crippen molar-refractivity contribution >= 4 is 28.9 Å². The van der Waals surface area contributed by atoms with Crippen LogP contribution in [-0.2, 0) is 9.59 Å². The summed E-state index contributed by atoms with van der Waals surface area (Å²) in [7, 11) is 0. The van der Waals surface area contributed by atoms with Crippen LogP contribution in [0.4, 0.5) is 0 Å². The van der Waals surface area contributed by atoms with Gasteiger partial charge >= 0.3 is 0 Å². The number of rotatable bonds is 6. The van der Waals surface area contributed by atoms with Crippen LogP contribution in [0.5, 0.6) is 0 Å². The molecule has 2 saturated heterocycles. The molecule has 0 spiro atoms. The van der Waals surface area contributed by atoms with Gasteiger partial charge in [0.2, 0.25) is 11.8 Å². The molecule has 0 radical (unpaired) electrons. The van der Waals surface area contributed by atoms with Gasteiger partial charge in [0.15, 0.2) is 5.65 Å². The van der Waals surface area contributed by atoms with Gasteiger partial charge in [-0.25, -0.2) is 9.97 Å². The Hall–Kier alpha value is -2.97. The second kappa shape index (κ2) is 8.67. The summed E-state index contributed by atoms with van der Waals surface area (Å²) in [5, 5.41) is 3.02. The maximum absolute atomic E-state index is 13.5. The molecule has 2 aromatic heterocycles. The van der Waals surface area contributed by atoms with Crippen molar-refractivity contribution in [1.29, 1.82) is 0 Å². The van der Waals surface area contributed by atoms with Gasteiger partial charge in [-0.1, -0.05) is 0 Å². The largest absolute Gasteiger partial charge is 0.344 e. The van der Waals surface area contributed by atoms with Crippen LogP contribution in [-0.4, -0.2) is 74.7 Å². The highest BCUT2D eigenvalue weighted by Crippen LogP contribution is 2.39. The first kappa shape index (κ1) is 21.6. The highest BCUT2D eigenvalue weighted by atomic mass is 16.2. The molecule has 3 amide bonds. The first-order chi connectivity index (χ1) is 16.6. The monoisotopic (exact) mass is 464 g/mol. The molecule has 2 saturated carbocycles. The van der Waals surface area contributed by atoms with Crippen LogP contribution in [0, 0.1) is 11.8 Å². The number of hydrogen-bond acceptors (Lipinski definition) is 5. The van der Waals surface area contributed by atoms with Gasteiger partial charge in [0.05, 0.1) is 23.4 Å². The number of piperidine rings is 1. The number of carbonyl (C=O) groups excluding carboxylic acids is 3. The van der Waals surface area contributed by atoms with Gasteiger partial charge in [-0.15, -0.1) is 0 Å². The minimum absolute atomic E-state index is 0.0561. The number of nitrogens with one attached hydrogen (secondary N) is 2. The summed E-state index contributed by atoms with van der Waals surface area (Å²) in [6.07, 6.45) is 11.3. The molecule has 6 rings (SSSR count). The number of H-pyrrole nitrogens is 1. The van der Waals surface area contributed by atoms with Crippen molar-refractivity contribution in [1.82, 2.24) is 30.1 Å². The maximum atomic E-state index is 13.5. The summed E-state index contributed by atoms with van der Waals surface area (Å²) in [6.45, 7) is 2.77. The number of fused-ring (bicyclic) bond motifs is 1. The number of aromatic nitrogens is 3. The summed E-state index contributed by atoms with van der Waals surface area (Å²) in [4.78, 5) is 55.7. The molecule has 2 atom stereocenters. The zero-order chi connectivity index (χ0) is 23.2. The van der Waals surface area contributed by atoms with Crippen molar-refractivity contribution in [3.05, 3.63) is 23.7 Å². The summed E-state index contributed by atoms with van der Waals surface area (Å²) in [6, 6.07) is -0.558. The van der Waals surface area contributed by atoms with E-state index in [-0.39, 0.29) is 29.6 Å². The number of likely N-dealkylation sites (tertiary alicyclic amines) is 2. The molecule has 2 aliphatic heterocycles. The molecule has 2 N–H and O–H groups in total. The van der Waals surface area contributed by atoms with Crippen LogP contribution in [0.2, 0.25) is 0 Å². The highest BCUT2D eigenvalue weighted by molar-refractivity contribution is 6.06. The van der Waals surface area contributed by atoms with E-state index in [4.69, 9.17) is 4.98 Å². The fraction of sp³-hybridized carbons (Fsp3) is 0.640. The van der Waals surface area contributed by atoms with Crippen molar-refractivity contribution < 1.29 is 14.4 Å². The zero-order valence-corrected chi connectivity index (χ0v) is 19.5. The maximum Gasteiger partial charge on any atom is 0.255 e. The van der Waals surface area contributed by atoms with Gasteiger partial charge in [-0.2, -0.15) is 0 Å². The van der Waals surface area contributed by atoms with E-state index in [9.17, 15) is 14.4 Å². The fourth-order valence-corrected chi connectivity index (χ4v) is 5.45. The van der Waals surface area contributed by atoms with Crippen LogP contribution < -0.4 is 5.32 Å². The number of aromatic amines is 1. The molecule has 2 aromatic rings. The van der Waals surface area contributed by atoms with Crippen molar-refractivity contribution in [2.24, 2.45) is 11.8 Å². The van der Waals surface area contributed by atoms with Crippen LogP contribution in [0.1, 0.15) is 73.3 Å². The Balaban J connectivity index is 1.16. The Morgan fingerprint density at radius 2 is 1.76 bits per heavy atom. The Morgan fingerprint density at radius 3 is 2.50 bits per heavy atom. The topological polar surface area (TPSA) is 111 Å². The molecular weight excluding hydrogens is 432 g/mol. The predicted octanol–water partition coefficient (Wildman–Crippen LogP) is 2.20. The summed E-state index contributed by atoms with van der Waals surface area (Å²) in [5.74, 6) is 0.310. The fourth-order valence-electron chi connectivity index (χ4n) is 5.45. The Kier molecular flexibility index (Phi) is 5.50. The second-order valence-electron chi connectivity index (χ2n) is 10.4. The average Bonchev–Trinajstić information content (AvgIpc) is 3.79. The molecule has 4 fully saturated rings. The van der Waals surface area contributed by atoms with Crippen molar-refractivity contribution in [3.8, 4) is 0 Å². The van der Waals surface area contributed by atoms with E-state index in [0.29, 0.717) is 35.7 Å². The summed E-state index contributed by atoms with van der Waals surface area (Å²) >= 11 is 0. The van der Waals surface area contributed by atoms with Crippen molar-refractivity contribution in [2.45, 2.75) is 63.3 Å². The van der Waals surface area contributed by atoms with Crippen molar-refractivity contribution in [3.63, 3.8) is 0 Å². The molecule has 4 heterocycles. The lowest BCUT2D eigenvalue weighted by Crippen LogP contribution is -2.54. The average molecular weight is 465 g/mol. The first-order valence-corrected chi connectivity index (χ1v) is 12.8. The van der Waals surface area contributed by atoms with Gasteiger partial charge in [0.25, 0.3) is 5.91 Å². The van der Waals surface area contributed by atoms with Gasteiger partial charge in [-0.3, -0.25) is 14.4 Å². The van der Waals surface area contributed by atoms with Crippen LogP contribution in [0.15, 0.2) is 12.4 Å². The minimum atomic E-state index is -0.558. The molecule has 34 heavy (non-hydrogen) atoms. The highest BCUT2D eigenvalue weighted by Gasteiger charge is 2.42. The third-order valence-electron chi connectivity index (χ3n) is 7.79.